The summed E-state index contributed by atoms with van der Waals surface area (Å²) in [7, 11) is 0. The Morgan fingerprint density at radius 1 is 0.968 bits per heavy atom. The van der Waals surface area contributed by atoms with E-state index in [1.807, 2.05) is 29.0 Å². The molecule has 0 bridgehead atoms. The predicted octanol–water partition coefficient (Wildman–Crippen LogP) is 4.39. The molecule has 152 valence electrons. The monoisotopic (exact) mass is 427 g/mol. The molecule has 0 amide bonds. The third kappa shape index (κ3) is 2.89. The molecule has 6 rings (SSSR count). The lowest BCUT2D eigenvalue weighted by Gasteiger charge is -2.12. The first-order valence-corrected chi connectivity index (χ1v) is 10.5. The van der Waals surface area contributed by atoms with Crippen LogP contribution in [0.2, 0.25) is 5.02 Å². The molecule has 1 aliphatic rings. The highest BCUT2D eigenvalue weighted by atomic mass is 35.5. The molecule has 7 nitrogen and oxygen atoms in total. The van der Waals surface area contributed by atoms with E-state index >= 15 is 0 Å². The molecule has 31 heavy (non-hydrogen) atoms. The van der Waals surface area contributed by atoms with E-state index in [0.717, 1.165) is 24.1 Å². The number of halogens is 1. The lowest BCUT2D eigenvalue weighted by Crippen LogP contribution is -2.04. The Kier molecular flexibility index (Phi) is 4.04. The van der Waals surface area contributed by atoms with Gasteiger partial charge in [0.2, 0.25) is 0 Å². The summed E-state index contributed by atoms with van der Waals surface area (Å²) in [6, 6.07) is 13.9. The molecule has 1 aromatic carbocycles. The SMILES string of the molecule is Nc1ncccc1-c1nc2c(Cl)cc(-n3cccn3)nc2n1-c1ccc2c(c1)CCC2. The fraction of sp³-hybridized carbons (Fsp3) is 0.130. The molecule has 4 aromatic heterocycles. The van der Waals surface area contributed by atoms with E-state index < -0.39 is 0 Å². The smallest absolute Gasteiger partial charge is 0.168 e. The van der Waals surface area contributed by atoms with Crippen LogP contribution in [0.1, 0.15) is 17.5 Å². The predicted molar refractivity (Wildman–Crippen MR) is 121 cm³/mol. The van der Waals surface area contributed by atoms with Gasteiger partial charge in [-0.05, 0) is 60.7 Å². The number of pyridine rings is 2. The molecule has 0 spiro atoms. The lowest BCUT2D eigenvalue weighted by molar-refractivity contribution is 0.849. The van der Waals surface area contributed by atoms with Gasteiger partial charge in [-0.1, -0.05) is 17.7 Å². The Balaban J connectivity index is 1.68. The van der Waals surface area contributed by atoms with Gasteiger partial charge in [0.15, 0.2) is 17.3 Å². The average Bonchev–Trinajstić information content (AvgIpc) is 3.52. The first-order valence-electron chi connectivity index (χ1n) is 10.1. The number of nitrogens with two attached hydrogens (primary N) is 1. The van der Waals surface area contributed by atoms with Crippen molar-refractivity contribution in [3.63, 3.8) is 0 Å². The van der Waals surface area contributed by atoms with E-state index in [-0.39, 0.29) is 0 Å². The van der Waals surface area contributed by atoms with Crippen molar-refractivity contribution >= 4 is 28.6 Å². The van der Waals surface area contributed by atoms with E-state index in [1.54, 1.807) is 23.1 Å². The number of anilines is 1. The van der Waals surface area contributed by atoms with Crippen molar-refractivity contribution in [2.45, 2.75) is 19.3 Å². The van der Waals surface area contributed by atoms with Crippen molar-refractivity contribution in [2.75, 3.05) is 5.73 Å². The highest BCUT2D eigenvalue weighted by Crippen LogP contribution is 2.35. The van der Waals surface area contributed by atoms with Crippen LogP contribution in [0.3, 0.4) is 0 Å². The summed E-state index contributed by atoms with van der Waals surface area (Å²) in [5, 5.41) is 4.80. The maximum atomic E-state index is 6.67. The zero-order chi connectivity index (χ0) is 20.9. The van der Waals surface area contributed by atoms with Gasteiger partial charge in [0.25, 0.3) is 0 Å². The Morgan fingerprint density at radius 3 is 2.71 bits per heavy atom. The minimum atomic E-state index is 0.406. The average molecular weight is 428 g/mol. The Labute approximate surface area is 183 Å². The normalized spacial score (nSPS) is 13.1. The van der Waals surface area contributed by atoms with Crippen molar-refractivity contribution in [2.24, 2.45) is 0 Å². The maximum Gasteiger partial charge on any atom is 0.168 e. The van der Waals surface area contributed by atoms with Crippen LogP contribution in [0.5, 0.6) is 0 Å². The fourth-order valence-electron chi connectivity index (χ4n) is 4.25. The van der Waals surface area contributed by atoms with Gasteiger partial charge >= 0.3 is 0 Å². The second-order valence-electron chi connectivity index (χ2n) is 7.60. The Hall–Kier alpha value is -3.71. The van der Waals surface area contributed by atoms with Crippen molar-refractivity contribution in [1.82, 2.24) is 29.3 Å². The van der Waals surface area contributed by atoms with Gasteiger partial charge in [0, 0.05) is 30.3 Å². The topological polar surface area (TPSA) is 87.4 Å². The summed E-state index contributed by atoms with van der Waals surface area (Å²) < 4.78 is 3.70. The number of fused-ring (bicyclic) bond motifs is 2. The lowest BCUT2D eigenvalue weighted by atomic mass is 10.1. The van der Waals surface area contributed by atoms with Crippen molar-refractivity contribution in [1.29, 1.82) is 0 Å². The van der Waals surface area contributed by atoms with Crippen LogP contribution in [0.4, 0.5) is 5.82 Å². The highest BCUT2D eigenvalue weighted by Gasteiger charge is 2.22. The number of hydrogen-bond acceptors (Lipinski definition) is 5. The van der Waals surface area contributed by atoms with Gasteiger partial charge < -0.3 is 5.73 Å². The van der Waals surface area contributed by atoms with Gasteiger partial charge in [-0.3, -0.25) is 4.57 Å². The van der Waals surface area contributed by atoms with Gasteiger partial charge in [-0.15, -0.1) is 0 Å². The molecule has 5 aromatic rings. The number of hydrogen-bond donors (Lipinski definition) is 1. The van der Waals surface area contributed by atoms with Crippen LogP contribution in [-0.2, 0) is 12.8 Å². The molecule has 0 radical (unpaired) electrons. The van der Waals surface area contributed by atoms with Gasteiger partial charge in [0.05, 0.1) is 10.6 Å². The highest BCUT2D eigenvalue weighted by molar-refractivity contribution is 6.35. The molecular weight excluding hydrogens is 410 g/mol. The summed E-state index contributed by atoms with van der Waals surface area (Å²) in [4.78, 5) is 14.0. The number of imidazole rings is 1. The summed E-state index contributed by atoms with van der Waals surface area (Å²) in [5.41, 5.74) is 12.0. The first-order chi connectivity index (χ1) is 15.2. The summed E-state index contributed by atoms with van der Waals surface area (Å²) in [6.07, 6.45) is 8.59. The van der Waals surface area contributed by atoms with E-state index in [4.69, 9.17) is 27.3 Å². The van der Waals surface area contributed by atoms with E-state index in [1.165, 1.54) is 17.5 Å². The standard InChI is InChI=1S/C23H18ClN7/c24-18-13-19(30-11-3-10-27-30)28-23-20(18)29-22(17-6-2-9-26-21(17)25)31(23)16-8-7-14-4-1-5-15(14)12-16/h2-3,6-13H,1,4-5H2,(H2,25,26). The van der Waals surface area contributed by atoms with Gasteiger partial charge in [-0.25, -0.2) is 19.6 Å². The molecule has 0 unspecified atom stereocenters. The number of rotatable bonds is 3. The van der Waals surface area contributed by atoms with E-state index in [9.17, 15) is 0 Å². The van der Waals surface area contributed by atoms with Crippen LogP contribution in [0.15, 0.2) is 61.1 Å². The molecule has 0 saturated carbocycles. The maximum absolute atomic E-state index is 6.67. The molecule has 4 heterocycles. The fourth-order valence-corrected chi connectivity index (χ4v) is 4.47. The molecule has 8 heteroatoms. The third-order valence-corrected chi connectivity index (χ3v) is 6.00. The molecule has 0 fully saturated rings. The Morgan fingerprint density at radius 2 is 1.87 bits per heavy atom. The molecule has 1 aliphatic carbocycles. The molecule has 0 atom stereocenters. The van der Waals surface area contributed by atoms with Gasteiger partial charge in [-0.2, -0.15) is 5.10 Å². The second kappa shape index (κ2) is 6.92. The van der Waals surface area contributed by atoms with E-state index in [0.29, 0.717) is 33.6 Å². The van der Waals surface area contributed by atoms with Crippen LogP contribution in [0.25, 0.3) is 34.1 Å². The van der Waals surface area contributed by atoms with E-state index in [2.05, 4.69) is 28.3 Å². The molecular formula is C23H18ClN7. The summed E-state index contributed by atoms with van der Waals surface area (Å²) in [5.74, 6) is 1.68. The van der Waals surface area contributed by atoms with Crippen LogP contribution >= 0.6 is 11.6 Å². The number of aryl methyl sites for hydroxylation is 2. The Bertz CT molecular complexity index is 1440. The van der Waals surface area contributed by atoms with Crippen LogP contribution in [-0.4, -0.2) is 29.3 Å². The second-order valence-corrected chi connectivity index (χ2v) is 8.01. The largest absolute Gasteiger partial charge is 0.383 e. The minimum Gasteiger partial charge on any atom is -0.383 e. The van der Waals surface area contributed by atoms with Crippen molar-refractivity contribution in [3.05, 3.63) is 77.2 Å². The van der Waals surface area contributed by atoms with Gasteiger partial charge in [0.1, 0.15) is 11.3 Å². The molecule has 0 saturated heterocycles. The summed E-state index contributed by atoms with van der Waals surface area (Å²) in [6.45, 7) is 0. The first kappa shape index (κ1) is 18.1. The number of nitrogen functional groups attached to an aromatic ring is 1. The quantitative estimate of drug-likeness (QED) is 0.461. The zero-order valence-corrected chi connectivity index (χ0v) is 17.3. The third-order valence-electron chi connectivity index (χ3n) is 5.71. The molecule has 2 N–H and O–H groups in total. The minimum absolute atomic E-state index is 0.406. The zero-order valence-electron chi connectivity index (χ0n) is 16.5. The van der Waals surface area contributed by atoms with Crippen molar-refractivity contribution < 1.29 is 0 Å². The summed E-state index contributed by atoms with van der Waals surface area (Å²) >= 11 is 6.67. The molecule has 0 aliphatic heterocycles. The number of aromatic nitrogens is 6. The van der Waals surface area contributed by atoms with Crippen molar-refractivity contribution in [3.8, 4) is 22.9 Å². The number of benzene rings is 1. The van der Waals surface area contributed by atoms with Crippen LogP contribution in [0, 0.1) is 0 Å². The number of nitrogens with zero attached hydrogens (tertiary/aromatic N) is 6. The van der Waals surface area contributed by atoms with Crippen LogP contribution < -0.4 is 5.73 Å².